The minimum Gasteiger partial charge on any atom is -0.619 e. The fourth-order valence-corrected chi connectivity index (χ4v) is 0.991. The molecule has 2 heteroatoms. The summed E-state index contributed by atoms with van der Waals surface area (Å²) in [5.41, 5.74) is 1.25. The van der Waals surface area contributed by atoms with Crippen molar-refractivity contribution in [2.24, 2.45) is 0 Å². The molecule has 0 spiro atoms. The molecule has 0 aliphatic heterocycles. The minimum absolute atomic E-state index is 0.815. The molecule has 1 heterocycles. The normalized spacial score (nSPS) is 9.91. The average molecular weight is 151 g/mol. The van der Waals surface area contributed by atoms with Crippen molar-refractivity contribution >= 4 is 0 Å². The first-order valence-corrected chi connectivity index (χ1v) is 4.00. The molecule has 0 amide bonds. The van der Waals surface area contributed by atoms with Gasteiger partial charge in [-0.05, 0) is 18.4 Å². The van der Waals surface area contributed by atoms with Gasteiger partial charge in [-0.1, -0.05) is 13.3 Å². The second kappa shape index (κ2) is 3.96. The van der Waals surface area contributed by atoms with Crippen LogP contribution in [0.2, 0.25) is 0 Å². The summed E-state index contributed by atoms with van der Waals surface area (Å²) in [5, 5.41) is 10.6. The molecule has 1 aromatic heterocycles. The third kappa shape index (κ3) is 2.58. The van der Waals surface area contributed by atoms with Crippen LogP contribution in [0.3, 0.4) is 0 Å². The fraction of sp³-hybridized carbons (Fsp3) is 0.444. The van der Waals surface area contributed by atoms with E-state index in [1.807, 2.05) is 12.1 Å². The van der Waals surface area contributed by atoms with E-state index in [4.69, 9.17) is 0 Å². The summed E-state index contributed by atoms with van der Waals surface area (Å²) < 4.78 is 0.815. The number of aromatic nitrogens is 1. The molecule has 0 saturated heterocycles. The van der Waals surface area contributed by atoms with Crippen LogP contribution in [0.5, 0.6) is 0 Å². The third-order valence-electron chi connectivity index (χ3n) is 1.69. The van der Waals surface area contributed by atoms with Gasteiger partial charge < -0.3 is 5.21 Å². The monoisotopic (exact) mass is 151 g/mol. The molecular weight excluding hydrogens is 138 g/mol. The molecule has 2 nitrogen and oxygen atoms in total. The highest BCUT2D eigenvalue weighted by molar-refractivity contribution is 5.07. The lowest BCUT2D eigenvalue weighted by Gasteiger charge is -1.98. The first-order valence-electron chi connectivity index (χ1n) is 4.00. The Kier molecular flexibility index (Phi) is 2.90. The largest absolute Gasteiger partial charge is 0.619 e. The van der Waals surface area contributed by atoms with Gasteiger partial charge in [0.05, 0.1) is 0 Å². The molecule has 0 aromatic carbocycles. The van der Waals surface area contributed by atoms with E-state index in [1.165, 1.54) is 18.4 Å². The molecule has 0 saturated carbocycles. The Morgan fingerprint density at radius 3 is 2.55 bits per heavy atom. The van der Waals surface area contributed by atoms with Crippen molar-refractivity contribution in [1.82, 2.24) is 0 Å². The lowest BCUT2D eigenvalue weighted by atomic mass is 10.1. The van der Waals surface area contributed by atoms with Crippen LogP contribution in [0.1, 0.15) is 25.3 Å². The number of hydrogen-bond acceptors (Lipinski definition) is 1. The molecule has 0 radical (unpaired) electrons. The molecule has 11 heavy (non-hydrogen) atoms. The summed E-state index contributed by atoms with van der Waals surface area (Å²) in [6.07, 6.45) is 6.57. The van der Waals surface area contributed by atoms with Gasteiger partial charge in [-0.25, -0.2) is 0 Å². The highest BCUT2D eigenvalue weighted by Crippen LogP contribution is 2.01. The number of unbranched alkanes of at least 4 members (excludes halogenated alkanes) is 1. The summed E-state index contributed by atoms with van der Waals surface area (Å²) in [7, 11) is 0. The zero-order valence-electron chi connectivity index (χ0n) is 6.79. The third-order valence-corrected chi connectivity index (χ3v) is 1.69. The van der Waals surface area contributed by atoms with Gasteiger partial charge in [-0.15, -0.1) is 0 Å². The van der Waals surface area contributed by atoms with Gasteiger partial charge >= 0.3 is 0 Å². The van der Waals surface area contributed by atoms with Crippen LogP contribution in [-0.2, 0) is 6.42 Å². The highest BCUT2D eigenvalue weighted by atomic mass is 16.5. The minimum atomic E-state index is 0.815. The molecule has 0 atom stereocenters. The molecule has 0 bridgehead atoms. The Morgan fingerprint density at radius 2 is 2.00 bits per heavy atom. The molecule has 0 aliphatic rings. The van der Waals surface area contributed by atoms with E-state index >= 15 is 0 Å². The first-order chi connectivity index (χ1) is 5.33. The van der Waals surface area contributed by atoms with Crippen LogP contribution in [-0.4, -0.2) is 0 Å². The molecule has 0 aliphatic carbocycles. The lowest BCUT2D eigenvalue weighted by Crippen LogP contribution is -2.23. The van der Waals surface area contributed by atoms with Crippen LogP contribution < -0.4 is 4.73 Å². The fourth-order valence-electron chi connectivity index (χ4n) is 0.991. The molecule has 0 N–H and O–H groups in total. The predicted molar refractivity (Wildman–Crippen MR) is 44.0 cm³/mol. The van der Waals surface area contributed by atoms with Crippen molar-refractivity contribution in [1.29, 1.82) is 0 Å². The molecular formula is C9H13NO. The molecule has 0 fully saturated rings. The van der Waals surface area contributed by atoms with Crippen LogP contribution in [0, 0.1) is 5.21 Å². The second-order valence-electron chi connectivity index (χ2n) is 2.67. The zero-order valence-corrected chi connectivity index (χ0v) is 6.79. The van der Waals surface area contributed by atoms with Crippen LogP contribution in [0.25, 0.3) is 0 Å². The van der Waals surface area contributed by atoms with Crippen molar-refractivity contribution < 1.29 is 4.73 Å². The van der Waals surface area contributed by atoms with Gasteiger partial charge in [0.25, 0.3) is 0 Å². The smallest absolute Gasteiger partial charge is 0.180 e. The predicted octanol–water partition coefficient (Wildman–Crippen LogP) is 1.66. The second-order valence-corrected chi connectivity index (χ2v) is 2.67. The van der Waals surface area contributed by atoms with Crippen molar-refractivity contribution in [3.8, 4) is 0 Å². The summed E-state index contributed by atoms with van der Waals surface area (Å²) in [5.74, 6) is 0. The Hall–Kier alpha value is -1.05. The van der Waals surface area contributed by atoms with Gasteiger partial charge in [0, 0.05) is 12.1 Å². The Bertz CT molecular complexity index is 205. The van der Waals surface area contributed by atoms with E-state index in [1.54, 1.807) is 12.4 Å². The summed E-state index contributed by atoms with van der Waals surface area (Å²) in [4.78, 5) is 0. The Morgan fingerprint density at radius 1 is 1.36 bits per heavy atom. The number of pyridine rings is 1. The molecule has 1 rings (SSSR count). The van der Waals surface area contributed by atoms with E-state index in [0.29, 0.717) is 0 Å². The van der Waals surface area contributed by atoms with Gasteiger partial charge in [-0.3, -0.25) is 0 Å². The number of nitrogens with zero attached hydrogens (tertiary/aromatic N) is 1. The Balaban J connectivity index is 2.52. The summed E-state index contributed by atoms with van der Waals surface area (Å²) in [6, 6.07) is 3.76. The van der Waals surface area contributed by atoms with Gasteiger partial charge in [-0.2, -0.15) is 4.73 Å². The maximum absolute atomic E-state index is 10.6. The molecule has 60 valence electrons. The van der Waals surface area contributed by atoms with E-state index in [9.17, 15) is 5.21 Å². The van der Waals surface area contributed by atoms with Crippen LogP contribution >= 0.6 is 0 Å². The lowest BCUT2D eigenvalue weighted by molar-refractivity contribution is -0.605. The van der Waals surface area contributed by atoms with Crippen molar-refractivity contribution in [2.45, 2.75) is 26.2 Å². The van der Waals surface area contributed by atoms with Crippen LogP contribution in [0.15, 0.2) is 24.5 Å². The zero-order chi connectivity index (χ0) is 8.10. The van der Waals surface area contributed by atoms with Gasteiger partial charge in [0.1, 0.15) is 0 Å². The summed E-state index contributed by atoms with van der Waals surface area (Å²) in [6.45, 7) is 2.16. The number of rotatable bonds is 3. The average Bonchev–Trinajstić information content (AvgIpc) is 2.04. The molecule has 1 aromatic rings. The van der Waals surface area contributed by atoms with E-state index in [0.717, 1.165) is 11.2 Å². The van der Waals surface area contributed by atoms with Crippen molar-refractivity contribution in [3.05, 3.63) is 35.3 Å². The van der Waals surface area contributed by atoms with Gasteiger partial charge in [0.2, 0.25) is 0 Å². The van der Waals surface area contributed by atoms with E-state index in [-0.39, 0.29) is 0 Å². The first kappa shape index (κ1) is 8.05. The quantitative estimate of drug-likeness (QED) is 0.476. The van der Waals surface area contributed by atoms with E-state index < -0.39 is 0 Å². The van der Waals surface area contributed by atoms with Crippen LogP contribution in [0.4, 0.5) is 0 Å². The SMILES string of the molecule is CCCCc1cc[n+]([O-])cc1. The Labute approximate surface area is 67.1 Å². The summed E-state index contributed by atoms with van der Waals surface area (Å²) >= 11 is 0. The standard InChI is InChI=1S/C9H13NO/c1-2-3-4-9-5-7-10(11)8-6-9/h5-8H,2-4H2,1H3. The number of hydrogen-bond donors (Lipinski definition) is 0. The highest BCUT2D eigenvalue weighted by Gasteiger charge is 1.92. The van der Waals surface area contributed by atoms with Gasteiger partial charge in [0.15, 0.2) is 12.4 Å². The maximum atomic E-state index is 10.6. The van der Waals surface area contributed by atoms with Crippen molar-refractivity contribution in [2.75, 3.05) is 0 Å². The number of aryl methyl sites for hydroxylation is 1. The maximum Gasteiger partial charge on any atom is 0.180 e. The topological polar surface area (TPSA) is 26.9 Å². The van der Waals surface area contributed by atoms with Crippen molar-refractivity contribution in [3.63, 3.8) is 0 Å². The van der Waals surface area contributed by atoms with E-state index in [2.05, 4.69) is 6.92 Å². The molecule has 0 unspecified atom stereocenters.